The molecule has 6 nitrogen and oxygen atoms in total. The van der Waals surface area contributed by atoms with Crippen molar-refractivity contribution in [2.75, 3.05) is 4.31 Å². The lowest BCUT2D eigenvalue weighted by molar-refractivity contribution is 0.307. The van der Waals surface area contributed by atoms with Gasteiger partial charge in [0, 0.05) is 0 Å². The van der Waals surface area contributed by atoms with Crippen LogP contribution < -0.4 is 13.8 Å². The minimum atomic E-state index is -3.92. The molecule has 3 aromatic rings. The van der Waals surface area contributed by atoms with Gasteiger partial charge in [-0.2, -0.15) is 8.42 Å². The molecule has 2 N–H and O–H groups in total. The molecule has 158 valence electrons. The fourth-order valence-electron chi connectivity index (χ4n) is 3.20. The average Bonchev–Trinajstić information content (AvgIpc) is 3.05. The van der Waals surface area contributed by atoms with Crippen molar-refractivity contribution >= 4 is 22.0 Å². The van der Waals surface area contributed by atoms with Gasteiger partial charge in [-0.1, -0.05) is 78.9 Å². The first-order valence-electron chi connectivity index (χ1n) is 9.75. The largest absolute Gasteiger partial charge is 0.493 e. The van der Waals surface area contributed by atoms with Gasteiger partial charge in [0.2, 0.25) is 5.88 Å². The van der Waals surface area contributed by atoms with E-state index in [0.29, 0.717) is 11.4 Å². The number of hydrogen-bond acceptors (Lipinski definition) is 4. The summed E-state index contributed by atoms with van der Waals surface area (Å²) in [7, 11) is -3.92. The lowest BCUT2D eigenvalue weighted by Gasteiger charge is -2.19. The number of hydrogen-bond donors (Lipinski definition) is 2. The minimum absolute atomic E-state index is 0.280. The molecule has 0 amide bonds. The second-order valence-corrected chi connectivity index (χ2v) is 8.56. The summed E-state index contributed by atoms with van der Waals surface area (Å²) in [5.74, 6) is -0.0529. The van der Waals surface area contributed by atoms with Crippen molar-refractivity contribution in [3.63, 3.8) is 0 Å². The van der Waals surface area contributed by atoms with Crippen LogP contribution in [0.1, 0.15) is 16.7 Å². The lowest BCUT2D eigenvalue weighted by Crippen LogP contribution is -2.29. The molecule has 0 unspecified atom stereocenters. The van der Waals surface area contributed by atoms with Crippen LogP contribution >= 0.6 is 0 Å². The maximum atomic E-state index is 12.3. The first-order chi connectivity index (χ1) is 15.0. The molecule has 0 radical (unpaired) electrons. The van der Waals surface area contributed by atoms with Crippen LogP contribution in [0.5, 0.6) is 5.75 Å². The predicted octanol–water partition coefficient (Wildman–Crippen LogP) is 4.53. The molecule has 0 fully saturated rings. The number of aliphatic hydroxyl groups excluding tert-OH is 1. The van der Waals surface area contributed by atoms with Gasteiger partial charge < -0.3 is 9.84 Å². The van der Waals surface area contributed by atoms with E-state index in [1.807, 2.05) is 66.7 Å². The second kappa shape index (κ2) is 8.97. The molecule has 0 aromatic heterocycles. The third kappa shape index (κ3) is 5.07. The van der Waals surface area contributed by atoms with Crippen LogP contribution in [0, 0.1) is 0 Å². The number of allylic oxidation sites excluding steroid dienone is 1. The predicted molar refractivity (Wildman–Crippen MR) is 122 cm³/mol. The van der Waals surface area contributed by atoms with Gasteiger partial charge in [-0.3, -0.25) is 0 Å². The first kappa shape index (κ1) is 20.6. The molecule has 0 atom stereocenters. The molecule has 0 aliphatic carbocycles. The molecule has 0 saturated heterocycles. The van der Waals surface area contributed by atoms with Crippen LogP contribution in [0.4, 0.5) is 5.69 Å². The zero-order valence-corrected chi connectivity index (χ0v) is 17.5. The van der Waals surface area contributed by atoms with Gasteiger partial charge in [0.15, 0.2) is 0 Å². The zero-order valence-electron chi connectivity index (χ0n) is 16.7. The molecule has 31 heavy (non-hydrogen) atoms. The molecule has 3 aromatic carbocycles. The number of nitrogens with one attached hydrogen (secondary N) is 1. The molecular weight excluding hydrogens is 412 g/mol. The SMILES string of the molecule is O=S1(=O)NC(O)=CN1c1ccc(C=CCc2ccccc2)cc1OCc1ccccc1. The second-order valence-electron chi connectivity index (χ2n) is 7.01. The summed E-state index contributed by atoms with van der Waals surface area (Å²) < 4.78 is 33.7. The lowest BCUT2D eigenvalue weighted by atomic mass is 10.1. The van der Waals surface area contributed by atoms with Crippen molar-refractivity contribution in [3.05, 3.63) is 114 Å². The van der Waals surface area contributed by atoms with E-state index >= 15 is 0 Å². The van der Waals surface area contributed by atoms with Gasteiger partial charge in [-0.15, -0.1) is 0 Å². The summed E-state index contributed by atoms with van der Waals surface area (Å²) in [6.07, 6.45) is 5.91. The van der Waals surface area contributed by atoms with E-state index in [1.54, 1.807) is 12.1 Å². The summed E-state index contributed by atoms with van der Waals surface area (Å²) in [4.78, 5) is 0. The van der Waals surface area contributed by atoms with Crippen molar-refractivity contribution in [3.8, 4) is 5.75 Å². The summed E-state index contributed by atoms with van der Waals surface area (Å²) in [5.41, 5.74) is 3.35. The van der Waals surface area contributed by atoms with Crippen molar-refractivity contribution in [1.29, 1.82) is 0 Å². The fraction of sp³-hybridized carbons (Fsp3) is 0.0833. The molecule has 0 saturated carbocycles. The Morgan fingerprint density at radius 2 is 1.61 bits per heavy atom. The maximum Gasteiger partial charge on any atom is 0.330 e. The Morgan fingerprint density at radius 1 is 0.935 bits per heavy atom. The van der Waals surface area contributed by atoms with Crippen molar-refractivity contribution in [2.24, 2.45) is 0 Å². The summed E-state index contributed by atoms with van der Waals surface area (Å²) in [5, 5.41) is 9.65. The number of benzene rings is 3. The third-order valence-electron chi connectivity index (χ3n) is 4.70. The molecule has 0 bridgehead atoms. The first-order valence-corrected chi connectivity index (χ1v) is 11.2. The van der Waals surface area contributed by atoms with Crippen molar-refractivity contribution in [2.45, 2.75) is 13.0 Å². The van der Waals surface area contributed by atoms with Crippen LogP contribution in [0.2, 0.25) is 0 Å². The van der Waals surface area contributed by atoms with Gasteiger partial charge in [-0.05, 0) is 35.2 Å². The maximum absolute atomic E-state index is 12.3. The van der Waals surface area contributed by atoms with Crippen LogP contribution in [0.15, 0.2) is 97.0 Å². The Kier molecular flexibility index (Phi) is 5.95. The Bertz CT molecular complexity index is 1210. The number of nitrogens with zero attached hydrogens (tertiary/aromatic N) is 1. The van der Waals surface area contributed by atoms with E-state index in [-0.39, 0.29) is 6.61 Å². The monoisotopic (exact) mass is 434 g/mol. The molecule has 1 aliphatic heterocycles. The smallest absolute Gasteiger partial charge is 0.330 e. The molecular formula is C24H22N2O4S. The number of ether oxygens (including phenoxy) is 1. The quantitative estimate of drug-likeness (QED) is 0.573. The van der Waals surface area contributed by atoms with Crippen LogP contribution in [-0.4, -0.2) is 13.5 Å². The van der Waals surface area contributed by atoms with E-state index in [9.17, 15) is 13.5 Å². The molecule has 7 heteroatoms. The molecule has 1 heterocycles. The third-order valence-corrected chi connectivity index (χ3v) is 5.98. The van der Waals surface area contributed by atoms with E-state index in [2.05, 4.69) is 16.9 Å². The van der Waals surface area contributed by atoms with E-state index in [1.165, 1.54) is 5.56 Å². The van der Waals surface area contributed by atoms with E-state index in [0.717, 1.165) is 28.1 Å². The molecule has 0 spiro atoms. The Balaban J connectivity index is 1.61. The molecule has 4 rings (SSSR count). The number of rotatable bonds is 7. The average molecular weight is 435 g/mol. The highest BCUT2D eigenvalue weighted by Crippen LogP contribution is 2.34. The normalized spacial score (nSPS) is 15.0. The summed E-state index contributed by atoms with van der Waals surface area (Å²) >= 11 is 0. The van der Waals surface area contributed by atoms with Gasteiger partial charge in [-0.25, -0.2) is 9.03 Å². The topological polar surface area (TPSA) is 78.9 Å². The van der Waals surface area contributed by atoms with Crippen molar-refractivity contribution in [1.82, 2.24) is 4.72 Å². The Hall–Kier alpha value is -3.71. The summed E-state index contributed by atoms with van der Waals surface area (Å²) in [6, 6.07) is 25.0. The van der Waals surface area contributed by atoms with Crippen molar-refractivity contribution < 1.29 is 18.3 Å². The van der Waals surface area contributed by atoms with Crippen LogP contribution in [0.25, 0.3) is 6.08 Å². The van der Waals surface area contributed by atoms with E-state index < -0.39 is 16.1 Å². The number of anilines is 1. The van der Waals surface area contributed by atoms with Gasteiger partial charge in [0.1, 0.15) is 18.0 Å². The van der Waals surface area contributed by atoms with Crippen LogP contribution in [0.3, 0.4) is 0 Å². The zero-order chi connectivity index (χ0) is 21.7. The van der Waals surface area contributed by atoms with Gasteiger partial charge >= 0.3 is 10.2 Å². The van der Waals surface area contributed by atoms with Crippen LogP contribution in [-0.2, 0) is 23.2 Å². The standard InChI is InChI=1S/C24H22N2O4S/c27-24-17-26(31(28,29)25-24)22-15-14-20(13-7-12-19-8-3-1-4-9-19)16-23(22)30-18-21-10-5-2-6-11-21/h1-11,13-17,25,27H,12,18H2. The van der Waals surface area contributed by atoms with Gasteiger partial charge in [0.25, 0.3) is 0 Å². The highest BCUT2D eigenvalue weighted by Gasteiger charge is 2.31. The molecule has 1 aliphatic rings. The highest BCUT2D eigenvalue weighted by molar-refractivity contribution is 7.91. The van der Waals surface area contributed by atoms with Gasteiger partial charge in [0.05, 0.1) is 6.20 Å². The number of aliphatic hydroxyl groups is 1. The minimum Gasteiger partial charge on any atom is -0.493 e. The summed E-state index contributed by atoms with van der Waals surface area (Å²) in [6.45, 7) is 0.280. The fourth-order valence-corrected chi connectivity index (χ4v) is 4.26. The highest BCUT2D eigenvalue weighted by atomic mass is 32.2. The Morgan fingerprint density at radius 3 is 2.26 bits per heavy atom. The van der Waals surface area contributed by atoms with E-state index in [4.69, 9.17) is 4.74 Å². The Labute approximate surface area is 181 Å².